The predicted octanol–water partition coefficient (Wildman–Crippen LogP) is 3.37. The monoisotopic (exact) mass is 277 g/mol. The summed E-state index contributed by atoms with van der Waals surface area (Å²) in [4.78, 5) is 9.33. The van der Waals surface area contributed by atoms with Gasteiger partial charge in [0, 0.05) is 17.9 Å². The van der Waals surface area contributed by atoms with Crippen LogP contribution in [0.1, 0.15) is 63.5 Å². The van der Waals surface area contributed by atoms with E-state index in [0.29, 0.717) is 18.3 Å². The first-order valence-corrected chi connectivity index (χ1v) is 7.79. The molecule has 1 aliphatic carbocycles. The Morgan fingerprint density at radius 1 is 1.35 bits per heavy atom. The quantitative estimate of drug-likeness (QED) is 0.916. The zero-order valence-electron chi connectivity index (χ0n) is 13.2. The molecule has 1 heterocycles. The number of nitrogen functional groups attached to an aromatic ring is 1. The Balaban J connectivity index is 2.44. The van der Waals surface area contributed by atoms with Crippen LogP contribution in [0.5, 0.6) is 0 Å². The number of aryl methyl sites for hydroxylation is 1. The Morgan fingerprint density at radius 2 is 2.10 bits per heavy atom. The highest BCUT2D eigenvalue weighted by Gasteiger charge is 2.40. The molecule has 0 aromatic carbocycles. The first-order chi connectivity index (χ1) is 9.52. The summed E-state index contributed by atoms with van der Waals surface area (Å²) in [6.07, 6.45) is 5.28. The number of aromatic nitrogens is 2. The van der Waals surface area contributed by atoms with Gasteiger partial charge in [-0.05, 0) is 45.4 Å². The van der Waals surface area contributed by atoms with Crippen LogP contribution in [-0.4, -0.2) is 16.6 Å². The zero-order valence-corrected chi connectivity index (χ0v) is 13.2. The van der Waals surface area contributed by atoms with E-state index in [1.165, 1.54) is 12.8 Å². The van der Waals surface area contributed by atoms with Crippen molar-refractivity contribution in [3.8, 4) is 0 Å². The van der Waals surface area contributed by atoms with E-state index >= 15 is 0 Å². The maximum Gasteiger partial charge on any atom is 0.162 e. The van der Waals surface area contributed by atoms with Crippen molar-refractivity contribution in [1.82, 2.24) is 9.97 Å². The number of rotatable bonds is 4. The summed E-state index contributed by atoms with van der Waals surface area (Å²) in [7, 11) is 0. The molecule has 0 spiro atoms. The minimum absolute atomic E-state index is 0.336. The fourth-order valence-electron chi connectivity index (χ4n) is 3.44. The summed E-state index contributed by atoms with van der Waals surface area (Å²) in [6.45, 7) is 9.11. The molecule has 0 aliphatic heterocycles. The third kappa shape index (κ3) is 2.80. The molecule has 0 bridgehead atoms. The van der Waals surface area contributed by atoms with Crippen molar-refractivity contribution in [3.05, 3.63) is 17.1 Å². The van der Waals surface area contributed by atoms with Crippen molar-refractivity contribution in [2.45, 2.75) is 65.4 Å². The van der Waals surface area contributed by atoms with Gasteiger partial charge in [-0.25, -0.2) is 9.97 Å². The zero-order chi connectivity index (χ0) is 14.8. The second-order valence-corrected chi connectivity index (χ2v) is 5.98. The van der Waals surface area contributed by atoms with Crippen LogP contribution in [-0.2, 0) is 16.8 Å². The molecular formula is C16H27N3O. The maximum absolute atomic E-state index is 6.13. The topological polar surface area (TPSA) is 61.0 Å². The second-order valence-electron chi connectivity index (χ2n) is 5.98. The molecule has 0 saturated heterocycles. The summed E-state index contributed by atoms with van der Waals surface area (Å²) in [5, 5.41) is 0. The third-order valence-electron chi connectivity index (χ3n) is 4.38. The first-order valence-electron chi connectivity index (χ1n) is 7.79. The van der Waals surface area contributed by atoms with Gasteiger partial charge in [0.2, 0.25) is 0 Å². The lowest BCUT2D eigenvalue weighted by Gasteiger charge is -2.38. The maximum atomic E-state index is 6.13. The number of anilines is 1. The van der Waals surface area contributed by atoms with Gasteiger partial charge in [-0.2, -0.15) is 0 Å². The van der Waals surface area contributed by atoms with Crippen LogP contribution < -0.4 is 5.73 Å². The van der Waals surface area contributed by atoms with Crippen molar-refractivity contribution in [2.75, 3.05) is 12.3 Å². The molecule has 1 aliphatic rings. The van der Waals surface area contributed by atoms with Gasteiger partial charge in [0.1, 0.15) is 11.4 Å². The highest BCUT2D eigenvalue weighted by atomic mass is 16.5. The van der Waals surface area contributed by atoms with E-state index in [1.54, 1.807) is 0 Å². The smallest absolute Gasteiger partial charge is 0.162 e. The number of nitrogens with zero attached hydrogens (tertiary/aromatic N) is 2. The van der Waals surface area contributed by atoms with Crippen molar-refractivity contribution < 1.29 is 4.74 Å². The normalized spacial score (nSPS) is 26.7. The summed E-state index contributed by atoms with van der Waals surface area (Å²) in [6, 6.07) is 0. The van der Waals surface area contributed by atoms with Crippen LogP contribution in [0.25, 0.3) is 0 Å². The summed E-state index contributed by atoms with van der Waals surface area (Å²) < 4.78 is 6.13. The molecule has 0 amide bonds. The summed E-state index contributed by atoms with van der Waals surface area (Å²) in [5.41, 5.74) is 7.84. The average Bonchev–Trinajstić information content (AvgIpc) is 2.38. The largest absolute Gasteiger partial charge is 0.383 e. The van der Waals surface area contributed by atoms with Gasteiger partial charge in [0.05, 0.1) is 0 Å². The van der Waals surface area contributed by atoms with E-state index in [9.17, 15) is 0 Å². The van der Waals surface area contributed by atoms with E-state index in [-0.39, 0.29) is 5.60 Å². The van der Waals surface area contributed by atoms with Gasteiger partial charge in [0.15, 0.2) is 5.82 Å². The average molecular weight is 277 g/mol. The van der Waals surface area contributed by atoms with Gasteiger partial charge in [-0.15, -0.1) is 0 Å². The number of ether oxygens (including phenoxy) is 1. The van der Waals surface area contributed by atoms with Crippen LogP contribution >= 0.6 is 0 Å². The van der Waals surface area contributed by atoms with Crippen molar-refractivity contribution in [2.24, 2.45) is 5.92 Å². The van der Waals surface area contributed by atoms with E-state index in [1.807, 2.05) is 13.8 Å². The van der Waals surface area contributed by atoms with Crippen LogP contribution in [0, 0.1) is 12.8 Å². The van der Waals surface area contributed by atoms with Crippen LogP contribution in [0.2, 0.25) is 0 Å². The summed E-state index contributed by atoms with van der Waals surface area (Å²) in [5.74, 6) is 2.05. The Morgan fingerprint density at radius 3 is 2.65 bits per heavy atom. The Hall–Kier alpha value is -1.16. The number of hydrogen-bond acceptors (Lipinski definition) is 4. The number of nitrogens with two attached hydrogens (primary N) is 1. The Kier molecular flexibility index (Phi) is 4.63. The minimum atomic E-state index is -0.336. The van der Waals surface area contributed by atoms with Crippen molar-refractivity contribution in [3.63, 3.8) is 0 Å². The summed E-state index contributed by atoms with van der Waals surface area (Å²) >= 11 is 0. The van der Waals surface area contributed by atoms with E-state index in [2.05, 4.69) is 18.8 Å². The molecule has 1 saturated carbocycles. The van der Waals surface area contributed by atoms with Gasteiger partial charge >= 0.3 is 0 Å². The number of hydrogen-bond donors (Lipinski definition) is 1. The molecule has 0 radical (unpaired) electrons. The SMILES string of the molecule is CCOC1(c2nc(C)c(CC)c(N)n2)CCCC(C)C1. The van der Waals surface area contributed by atoms with Crippen molar-refractivity contribution in [1.29, 1.82) is 0 Å². The second kappa shape index (κ2) is 6.08. The molecular weight excluding hydrogens is 250 g/mol. The molecule has 4 nitrogen and oxygen atoms in total. The van der Waals surface area contributed by atoms with Gasteiger partial charge in [-0.3, -0.25) is 0 Å². The third-order valence-corrected chi connectivity index (χ3v) is 4.38. The van der Waals surface area contributed by atoms with Gasteiger partial charge < -0.3 is 10.5 Å². The molecule has 1 fully saturated rings. The highest BCUT2D eigenvalue weighted by molar-refractivity contribution is 5.42. The van der Waals surface area contributed by atoms with Gasteiger partial charge in [-0.1, -0.05) is 20.3 Å². The molecule has 2 atom stereocenters. The lowest BCUT2D eigenvalue weighted by molar-refractivity contribution is -0.0881. The Bertz CT molecular complexity index is 448. The van der Waals surface area contributed by atoms with Crippen LogP contribution in [0.15, 0.2) is 0 Å². The van der Waals surface area contributed by atoms with Crippen molar-refractivity contribution >= 4 is 5.82 Å². The van der Waals surface area contributed by atoms with Crippen LogP contribution in [0.4, 0.5) is 5.82 Å². The molecule has 112 valence electrons. The molecule has 2 unspecified atom stereocenters. The standard InChI is InChI=1S/C16H27N3O/c1-5-13-12(4)18-15(19-14(13)17)16(20-6-2)9-7-8-11(3)10-16/h11H,5-10H2,1-4H3,(H2,17,18,19). The fourth-order valence-corrected chi connectivity index (χ4v) is 3.44. The Labute approximate surface area is 122 Å². The van der Waals surface area contributed by atoms with E-state index in [4.69, 9.17) is 15.5 Å². The minimum Gasteiger partial charge on any atom is -0.383 e. The molecule has 1 aromatic rings. The van der Waals surface area contributed by atoms with Gasteiger partial charge in [0.25, 0.3) is 0 Å². The lowest BCUT2D eigenvalue weighted by atomic mass is 9.78. The molecule has 2 rings (SSSR count). The molecule has 1 aromatic heterocycles. The van der Waals surface area contributed by atoms with Crippen LogP contribution in [0.3, 0.4) is 0 Å². The molecule has 2 N–H and O–H groups in total. The molecule has 20 heavy (non-hydrogen) atoms. The predicted molar refractivity (Wildman–Crippen MR) is 81.5 cm³/mol. The first kappa shape index (κ1) is 15.2. The fraction of sp³-hybridized carbons (Fsp3) is 0.750. The lowest BCUT2D eigenvalue weighted by Crippen LogP contribution is -2.37. The van der Waals surface area contributed by atoms with E-state index in [0.717, 1.165) is 36.3 Å². The highest BCUT2D eigenvalue weighted by Crippen LogP contribution is 2.42. The van der Waals surface area contributed by atoms with E-state index < -0.39 is 0 Å². The molecule has 4 heteroatoms.